The van der Waals surface area contributed by atoms with Gasteiger partial charge in [0.05, 0.1) is 5.60 Å². The minimum Gasteiger partial charge on any atom is -0.385 e. The van der Waals surface area contributed by atoms with Gasteiger partial charge in [0.2, 0.25) is 0 Å². The molecule has 2 atom stereocenters. The van der Waals surface area contributed by atoms with Crippen molar-refractivity contribution in [3.05, 3.63) is 35.4 Å². The molecule has 2 unspecified atom stereocenters. The number of hydrogen-bond donors (Lipinski definition) is 3. The fourth-order valence-electron chi connectivity index (χ4n) is 2.58. The molecule has 1 saturated heterocycles. The fraction of sp³-hybridized carbons (Fsp3) is 0.571. The Balaban J connectivity index is 2.22. The van der Waals surface area contributed by atoms with Crippen LogP contribution in [0.5, 0.6) is 0 Å². The highest BCUT2D eigenvalue weighted by molar-refractivity contribution is 5.28. The number of nitrogens with two attached hydrogens (primary N) is 1. The normalized spacial score (nSPS) is 24.3. The second kappa shape index (κ2) is 5.17. The van der Waals surface area contributed by atoms with Crippen molar-refractivity contribution in [3.63, 3.8) is 0 Å². The molecule has 0 spiro atoms. The second-order valence-electron chi connectivity index (χ2n) is 5.10. The summed E-state index contributed by atoms with van der Waals surface area (Å²) in [6.07, 6.45) is 2.21. The summed E-state index contributed by atoms with van der Waals surface area (Å²) in [4.78, 5) is 0. The third-order valence-corrected chi connectivity index (χ3v) is 3.84. The first-order chi connectivity index (χ1) is 8.14. The first-order valence-electron chi connectivity index (χ1n) is 6.37. The van der Waals surface area contributed by atoms with Crippen molar-refractivity contribution >= 4 is 0 Å². The first kappa shape index (κ1) is 12.6. The van der Waals surface area contributed by atoms with Gasteiger partial charge in [0.15, 0.2) is 0 Å². The summed E-state index contributed by atoms with van der Waals surface area (Å²) in [7, 11) is 0. The van der Waals surface area contributed by atoms with E-state index in [1.165, 1.54) is 0 Å². The zero-order valence-electron chi connectivity index (χ0n) is 10.4. The van der Waals surface area contributed by atoms with Crippen molar-refractivity contribution in [2.45, 2.75) is 31.9 Å². The highest BCUT2D eigenvalue weighted by atomic mass is 16.3. The third-order valence-electron chi connectivity index (χ3n) is 3.84. The lowest BCUT2D eigenvalue weighted by Gasteiger charge is -2.36. The molecule has 3 nitrogen and oxygen atoms in total. The molecule has 1 aliphatic heterocycles. The van der Waals surface area contributed by atoms with Gasteiger partial charge in [0.25, 0.3) is 0 Å². The van der Waals surface area contributed by atoms with Crippen LogP contribution in [0.15, 0.2) is 24.3 Å². The van der Waals surface area contributed by atoms with Crippen LogP contribution in [0.1, 0.15) is 30.9 Å². The largest absolute Gasteiger partial charge is 0.385 e. The lowest BCUT2D eigenvalue weighted by atomic mass is 9.78. The van der Waals surface area contributed by atoms with E-state index in [0.29, 0.717) is 6.54 Å². The van der Waals surface area contributed by atoms with E-state index < -0.39 is 5.60 Å². The maximum absolute atomic E-state index is 10.7. The lowest BCUT2D eigenvalue weighted by molar-refractivity contribution is -0.0157. The van der Waals surface area contributed by atoms with Crippen LogP contribution in [0.4, 0.5) is 0 Å². The quantitative estimate of drug-likeness (QED) is 0.740. The number of nitrogens with one attached hydrogen (secondary N) is 1. The van der Waals surface area contributed by atoms with Gasteiger partial charge in [-0.25, -0.2) is 0 Å². The van der Waals surface area contributed by atoms with E-state index in [0.717, 1.165) is 37.1 Å². The molecule has 1 aliphatic rings. The van der Waals surface area contributed by atoms with Crippen LogP contribution in [0.25, 0.3) is 0 Å². The highest BCUT2D eigenvalue weighted by Crippen LogP contribution is 2.33. The summed E-state index contributed by atoms with van der Waals surface area (Å²) in [5.74, 6) is 0.282. The molecule has 0 saturated carbocycles. The van der Waals surface area contributed by atoms with Crippen LogP contribution in [0.3, 0.4) is 0 Å². The zero-order chi connectivity index (χ0) is 12.3. The topological polar surface area (TPSA) is 58.3 Å². The number of rotatable bonds is 3. The average molecular weight is 234 g/mol. The highest BCUT2D eigenvalue weighted by Gasteiger charge is 2.34. The Morgan fingerprint density at radius 3 is 3.00 bits per heavy atom. The second-order valence-corrected chi connectivity index (χ2v) is 5.10. The zero-order valence-corrected chi connectivity index (χ0v) is 10.4. The smallest absolute Gasteiger partial charge is 0.0908 e. The van der Waals surface area contributed by atoms with E-state index in [4.69, 9.17) is 5.73 Å². The Labute approximate surface area is 103 Å². The summed E-state index contributed by atoms with van der Waals surface area (Å²) in [5, 5.41) is 14.1. The molecule has 2 rings (SSSR count). The molecule has 0 radical (unpaired) electrons. The number of aliphatic hydroxyl groups is 1. The molecule has 94 valence electrons. The van der Waals surface area contributed by atoms with Gasteiger partial charge in [-0.3, -0.25) is 0 Å². The Morgan fingerprint density at radius 2 is 2.35 bits per heavy atom. The molecule has 0 aromatic heterocycles. The maximum Gasteiger partial charge on any atom is 0.0908 e. The van der Waals surface area contributed by atoms with E-state index in [2.05, 4.69) is 5.32 Å². The van der Waals surface area contributed by atoms with Gasteiger partial charge in [0, 0.05) is 19.0 Å². The molecule has 1 fully saturated rings. The van der Waals surface area contributed by atoms with E-state index in [1.807, 2.05) is 31.2 Å². The van der Waals surface area contributed by atoms with Crippen molar-refractivity contribution in [1.29, 1.82) is 0 Å². The predicted molar refractivity (Wildman–Crippen MR) is 69.5 cm³/mol. The molecule has 1 heterocycles. The summed E-state index contributed by atoms with van der Waals surface area (Å²) >= 11 is 0. The van der Waals surface area contributed by atoms with Crippen LogP contribution in [0, 0.1) is 5.92 Å². The monoisotopic (exact) mass is 234 g/mol. The van der Waals surface area contributed by atoms with Gasteiger partial charge in [-0.1, -0.05) is 24.3 Å². The lowest BCUT2D eigenvalue weighted by Crippen LogP contribution is -2.42. The van der Waals surface area contributed by atoms with E-state index in [-0.39, 0.29) is 5.92 Å². The van der Waals surface area contributed by atoms with E-state index in [1.54, 1.807) is 0 Å². The first-order valence-corrected chi connectivity index (χ1v) is 6.37. The van der Waals surface area contributed by atoms with Crippen molar-refractivity contribution in [2.75, 3.05) is 13.1 Å². The summed E-state index contributed by atoms with van der Waals surface area (Å²) in [6.45, 7) is 4.39. The average Bonchev–Trinajstić information content (AvgIpc) is 2.40. The van der Waals surface area contributed by atoms with Gasteiger partial charge in [-0.05, 0) is 37.4 Å². The standard InChI is InChI=1S/C14H22N2O/c1-14(17,13-6-3-7-16-10-13)12-5-2-4-11(8-12)9-15/h2,4-5,8,13,16-17H,3,6-7,9-10,15H2,1H3. The van der Waals surface area contributed by atoms with Crippen molar-refractivity contribution in [2.24, 2.45) is 11.7 Å². The predicted octanol–water partition coefficient (Wildman–Crippen LogP) is 1.35. The molecule has 1 aromatic rings. The van der Waals surface area contributed by atoms with Crippen molar-refractivity contribution in [1.82, 2.24) is 5.32 Å². The molecule has 17 heavy (non-hydrogen) atoms. The van der Waals surface area contributed by atoms with Crippen molar-refractivity contribution in [3.8, 4) is 0 Å². The fourth-order valence-corrected chi connectivity index (χ4v) is 2.58. The van der Waals surface area contributed by atoms with Gasteiger partial charge in [0.1, 0.15) is 0 Å². The molecule has 0 aliphatic carbocycles. The Hall–Kier alpha value is -0.900. The van der Waals surface area contributed by atoms with Crippen LogP contribution in [-0.4, -0.2) is 18.2 Å². The molecular weight excluding hydrogens is 212 g/mol. The van der Waals surface area contributed by atoms with Crippen LogP contribution >= 0.6 is 0 Å². The van der Waals surface area contributed by atoms with Gasteiger partial charge in [-0.2, -0.15) is 0 Å². The SMILES string of the molecule is CC(O)(c1cccc(CN)c1)C1CCCNC1. The van der Waals surface area contributed by atoms with Crippen LogP contribution in [0.2, 0.25) is 0 Å². The molecule has 1 aromatic carbocycles. The summed E-state index contributed by atoms with van der Waals surface area (Å²) in [5.41, 5.74) is 6.94. The molecular formula is C14H22N2O. The minimum atomic E-state index is -0.765. The van der Waals surface area contributed by atoms with Gasteiger partial charge >= 0.3 is 0 Å². The summed E-state index contributed by atoms with van der Waals surface area (Å²) in [6, 6.07) is 7.99. The van der Waals surface area contributed by atoms with E-state index in [9.17, 15) is 5.11 Å². The Kier molecular flexibility index (Phi) is 3.82. The number of piperidine rings is 1. The molecule has 4 N–H and O–H groups in total. The van der Waals surface area contributed by atoms with Crippen molar-refractivity contribution < 1.29 is 5.11 Å². The third kappa shape index (κ3) is 2.68. The Bertz CT molecular complexity index is 370. The maximum atomic E-state index is 10.7. The molecule has 0 bridgehead atoms. The summed E-state index contributed by atoms with van der Waals surface area (Å²) < 4.78 is 0. The van der Waals surface area contributed by atoms with E-state index >= 15 is 0 Å². The molecule has 0 amide bonds. The minimum absolute atomic E-state index is 0.282. The van der Waals surface area contributed by atoms with Crippen LogP contribution < -0.4 is 11.1 Å². The van der Waals surface area contributed by atoms with Gasteiger partial charge < -0.3 is 16.2 Å². The molecule has 3 heteroatoms. The van der Waals surface area contributed by atoms with Gasteiger partial charge in [-0.15, -0.1) is 0 Å². The number of hydrogen-bond acceptors (Lipinski definition) is 3. The van der Waals surface area contributed by atoms with Crippen LogP contribution in [-0.2, 0) is 12.1 Å². The Morgan fingerprint density at radius 1 is 1.53 bits per heavy atom. The number of benzene rings is 1.